The highest BCUT2D eigenvalue weighted by atomic mass is 16.5. The molecule has 2 amide bonds. The monoisotopic (exact) mass is 280 g/mol. The van der Waals surface area contributed by atoms with Crippen LogP contribution in [0.1, 0.15) is 18.9 Å². The van der Waals surface area contributed by atoms with Crippen molar-refractivity contribution in [3.8, 4) is 5.75 Å². The molecule has 3 N–H and O–H groups in total. The Hall–Kier alpha value is -2.24. The molecule has 0 bridgehead atoms. The van der Waals surface area contributed by atoms with Crippen LogP contribution >= 0.6 is 0 Å². The van der Waals surface area contributed by atoms with Gasteiger partial charge in [0.25, 0.3) is 0 Å². The number of hydrogen-bond acceptors (Lipinski definition) is 3. The predicted octanol–water partition coefficient (Wildman–Crippen LogP) is 2.24. The van der Waals surface area contributed by atoms with Crippen LogP contribution in [0.15, 0.2) is 18.2 Å². The number of urea groups is 1. The van der Waals surface area contributed by atoms with Crippen molar-refractivity contribution in [1.29, 1.82) is 0 Å². The highest BCUT2D eigenvalue weighted by molar-refractivity contribution is 5.89. The molecule has 6 nitrogen and oxygen atoms in total. The van der Waals surface area contributed by atoms with E-state index in [1.54, 1.807) is 32.2 Å². The number of methoxy groups -OCH3 is 1. The Morgan fingerprint density at radius 1 is 1.40 bits per heavy atom. The molecule has 0 aliphatic carbocycles. The molecule has 0 aromatic heterocycles. The summed E-state index contributed by atoms with van der Waals surface area (Å²) in [4.78, 5) is 22.2. The molecule has 0 saturated heterocycles. The normalized spacial score (nSPS) is 11.6. The molecule has 20 heavy (non-hydrogen) atoms. The number of carbonyl (C=O) groups excluding carboxylic acids is 1. The van der Waals surface area contributed by atoms with Crippen LogP contribution in [-0.4, -0.2) is 30.8 Å². The number of amides is 2. The van der Waals surface area contributed by atoms with E-state index in [2.05, 4.69) is 10.6 Å². The average Bonchev–Trinajstić information content (AvgIpc) is 2.36. The average molecular weight is 280 g/mol. The van der Waals surface area contributed by atoms with Crippen molar-refractivity contribution in [3.05, 3.63) is 23.8 Å². The Kier molecular flexibility index (Phi) is 5.83. The second-order valence-electron chi connectivity index (χ2n) is 4.72. The van der Waals surface area contributed by atoms with Gasteiger partial charge in [-0.25, -0.2) is 4.79 Å². The number of carbonyl (C=O) groups is 2. The Labute approximate surface area is 118 Å². The van der Waals surface area contributed by atoms with E-state index in [-0.39, 0.29) is 18.4 Å². The first-order valence-corrected chi connectivity index (χ1v) is 6.33. The highest BCUT2D eigenvalue weighted by Crippen LogP contribution is 2.21. The summed E-state index contributed by atoms with van der Waals surface area (Å²) in [5.74, 6) is -0.229. The van der Waals surface area contributed by atoms with Gasteiger partial charge in [0.2, 0.25) is 0 Å². The summed E-state index contributed by atoms with van der Waals surface area (Å²) in [6, 6.07) is 4.97. The number of aryl methyl sites for hydroxylation is 1. The van der Waals surface area contributed by atoms with Crippen LogP contribution in [0, 0.1) is 12.8 Å². The molecule has 1 unspecified atom stereocenters. The second-order valence-corrected chi connectivity index (χ2v) is 4.72. The van der Waals surface area contributed by atoms with E-state index in [1.165, 1.54) is 0 Å². The number of aliphatic carboxylic acids is 1. The number of carboxylic acids is 1. The zero-order valence-corrected chi connectivity index (χ0v) is 11.9. The van der Waals surface area contributed by atoms with Crippen molar-refractivity contribution in [1.82, 2.24) is 5.32 Å². The highest BCUT2D eigenvalue weighted by Gasteiger charge is 2.09. The number of anilines is 1. The molecule has 0 aliphatic rings. The standard InChI is InChI=1S/C14H20N2O4/c1-9(6-13(17)18)8-15-14(19)16-11-4-5-12(20-3)10(2)7-11/h4-5,7,9H,6,8H2,1-3H3,(H,17,18)(H2,15,16,19). The molecule has 0 spiro atoms. The second kappa shape index (κ2) is 7.37. The van der Waals surface area contributed by atoms with E-state index in [0.29, 0.717) is 12.2 Å². The third kappa shape index (κ3) is 5.17. The third-order valence-electron chi connectivity index (χ3n) is 2.79. The van der Waals surface area contributed by atoms with Gasteiger partial charge in [0.1, 0.15) is 5.75 Å². The van der Waals surface area contributed by atoms with E-state index in [0.717, 1.165) is 11.3 Å². The predicted molar refractivity (Wildman–Crippen MR) is 76.2 cm³/mol. The van der Waals surface area contributed by atoms with Gasteiger partial charge in [-0.15, -0.1) is 0 Å². The van der Waals surface area contributed by atoms with Gasteiger partial charge in [0.15, 0.2) is 0 Å². The molecule has 110 valence electrons. The molecule has 0 heterocycles. The van der Waals surface area contributed by atoms with Gasteiger partial charge in [-0.2, -0.15) is 0 Å². The van der Waals surface area contributed by atoms with E-state index in [4.69, 9.17) is 9.84 Å². The van der Waals surface area contributed by atoms with Gasteiger partial charge in [-0.3, -0.25) is 4.79 Å². The summed E-state index contributed by atoms with van der Waals surface area (Å²) in [5, 5.41) is 14.0. The maximum Gasteiger partial charge on any atom is 0.319 e. The van der Waals surface area contributed by atoms with E-state index < -0.39 is 5.97 Å². The van der Waals surface area contributed by atoms with Gasteiger partial charge in [0.05, 0.1) is 7.11 Å². The molecule has 0 saturated carbocycles. The van der Waals surface area contributed by atoms with Gasteiger partial charge in [-0.1, -0.05) is 6.92 Å². The lowest BCUT2D eigenvalue weighted by Crippen LogP contribution is -2.33. The maximum atomic E-state index is 11.7. The summed E-state index contributed by atoms with van der Waals surface area (Å²) in [5.41, 5.74) is 1.58. The zero-order chi connectivity index (χ0) is 15.1. The minimum Gasteiger partial charge on any atom is -0.496 e. The van der Waals surface area contributed by atoms with Crippen LogP contribution in [0.2, 0.25) is 0 Å². The number of ether oxygens (including phenoxy) is 1. The quantitative estimate of drug-likeness (QED) is 0.745. The summed E-state index contributed by atoms with van der Waals surface area (Å²) >= 11 is 0. The van der Waals surface area contributed by atoms with Crippen molar-refractivity contribution in [2.45, 2.75) is 20.3 Å². The fourth-order valence-corrected chi connectivity index (χ4v) is 1.77. The Morgan fingerprint density at radius 2 is 2.10 bits per heavy atom. The van der Waals surface area contributed by atoms with Crippen LogP contribution in [0.4, 0.5) is 10.5 Å². The Balaban J connectivity index is 2.46. The summed E-state index contributed by atoms with van der Waals surface area (Å²) in [6.07, 6.45) is 0.0297. The minimum absolute atomic E-state index is 0.0297. The fourth-order valence-electron chi connectivity index (χ4n) is 1.77. The van der Waals surface area contributed by atoms with Gasteiger partial charge in [0, 0.05) is 18.7 Å². The molecule has 1 aromatic carbocycles. The van der Waals surface area contributed by atoms with Crippen molar-refractivity contribution in [2.75, 3.05) is 19.0 Å². The fraction of sp³-hybridized carbons (Fsp3) is 0.429. The topological polar surface area (TPSA) is 87.7 Å². The van der Waals surface area contributed by atoms with Crippen LogP contribution in [0.5, 0.6) is 5.75 Å². The number of carboxylic acid groups (broad SMARTS) is 1. The molecule has 6 heteroatoms. The lowest BCUT2D eigenvalue weighted by molar-refractivity contribution is -0.137. The SMILES string of the molecule is COc1ccc(NC(=O)NCC(C)CC(=O)O)cc1C. The number of benzene rings is 1. The first-order valence-electron chi connectivity index (χ1n) is 6.33. The van der Waals surface area contributed by atoms with Crippen LogP contribution in [0.3, 0.4) is 0 Å². The van der Waals surface area contributed by atoms with Gasteiger partial charge < -0.3 is 20.5 Å². The molecular formula is C14H20N2O4. The number of hydrogen-bond donors (Lipinski definition) is 3. The molecule has 0 radical (unpaired) electrons. The van der Waals surface area contributed by atoms with Gasteiger partial charge >= 0.3 is 12.0 Å². The molecule has 1 rings (SSSR count). The van der Waals surface area contributed by atoms with Crippen LogP contribution < -0.4 is 15.4 Å². The third-order valence-corrected chi connectivity index (χ3v) is 2.79. The molecule has 1 aromatic rings. The summed E-state index contributed by atoms with van der Waals surface area (Å²) in [6.45, 7) is 3.97. The van der Waals surface area contributed by atoms with E-state index >= 15 is 0 Å². The van der Waals surface area contributed by atoms with Crippen LogP contribution in [-0.2, 0) is 4.79 Å². The van der Waals surface area contributed by atoms with Crippen molar-refractivity contribution in [3.63, 3.8) is 0 Å². The van der Waals surface area contributed by atoms with Crippen LogP contribution in [0.25, 0.3) is 0 Å². The minimum atomic E-state index is -0.870. The molecule has 0 aliphatic heterocycles. The zero-order valence-electron chi connectivity index (χ0n) is 11.9. The van der Waals surface area contributed by atoms with E-state index in [9.17, 15) is 9.59 Å². The maximum absolute atomic E-state index is 11.7. The molecule has 0 fully saturated rings. The van der Waals surface area contributed by atoms with Crippen molar-refractivity contribution in [2.24, 2.45) is 5.92 Å². The van der Waals surface area contributed by atoms with E-state index in [1.807, 2.05) is 6.92 Å². The number of nitrogens with one attached hydrogen (secondary N) is 2. The number of rotatable bonds is 6. The lowest BCUT2D eigenvalue weighted by atomic mass is 10.1. The van der Waals surface area contributed by atoms with Crippen molar-refractivity contribution < 1.29 is 19.4 Å². The first-order chi connectivity index (χ1) is 9.42. The largest absolute Gasteiger partial charge is 0.496 e. The summed E-state index contributed by atoms with van der Waals surface area (Å²) in [7, 11) is 1.59. The molecule has 1 atom stereocenters. The summed E-state index contributed by atoms with van der Waals surface area (Å²) < 4.78 is 5.14. The first kappa shape index (κ1) is 15.8. The Bertz CT molecular complexity index is 488. The lowest BCUT2D eigenvalue weighted by Gasteiger charge is -2.12. The van der Waals surface area contributed by atoms with Gasteiger partial charge in [-0.05, 0) is 36.6 Å². The Morgan fingerprint density at radius 3 is 2.65 bits per heavy atom. The van der Waals surface area contributed by atoms with Crippen molar-refractivity contribution >= 4 is 17.7 Å². The smallest absolute Gasteiger partial charge is 0.319 e. The molecular weight excluding hydrogens is 260 g/mol.